The van der Waals surface area contributed by atoms with Gasteiger partial charge in [-0.1, -0.05) is 66.7 Å². The molecule has 0 spiro atoms. The Bertz CT molecular complexity index is 1000. The van der Waals surface area contributed by atoms with Gasteiger partial charge in [-0.3, -0.25) is 4.79 Å². The monoisotopic (exact) mass is 417 g/mol. The molecule has 3 aromatic carbocycles. The van der Waals surface area contributed by atoms with E-state index in [9.17, 15) is 4.79 Å². The summed E-state index contributed by atoms with van der Waals surface area (Å²) in [6.45, 7) is 0. The van der Waals surface area contributed by atoms with E-state index in [1.807, 2.05) is 49.1 Å². The minimum atomic E-state index is -0.108. The summed E-state index contributed by atoms with van der Waals surface area (Å²) in [5.74, 6) is 1.05. The molecule has 0 aromatic heterocycles. The summed E-state index contributed by atoms with van der Waals surface area (Å²) < 4.78 is 0. The fraction of sp³-hybridized carbons (Fsp3) is 0.160. The first-order chi connectivity index (χ1) is 14.2. The van der Waals surface area contributed by atoms with E-state index in [-0.39, 0.29) is 11.2 Å². The first-order valence-electron chi connectivity index (χ1n) is 9.68. The van der Waals surface area contributed by atoms with Crippen LogP contribution in [0.15, 0.2) is 101 Å². The van der Waals surface area contributed by atoms with Gasteiger partial charge >= 0.3 is 0 Å². The van der Waals surface area contributed by atoms with Crippen LogP contribution in [0.1, 0.15) is 12.0 Å². The number of carbonyl (C=O) groups excluding carboxylic acids is 1. The molecule has 0 radical (unpaired) electrons. The molecule has 29 heavy (non-hydrogen) atoms. The van der Waals surface area contributed by atoms with Crippen molar-refractivity contribution in [3.63, 3.8) is 0 Å². The standard InChI is InChI=1S/C25H23NOS2/c1-26-22-14-8-9-15-23(22)29-24(25(26)27)18-20(19-10-4-2-5-11-19)16-17-28-21-12-6-3-7-13-21/h2-16,24H,17-18H2,1H3/b20-16+. The average molecular weight is 418 g/mol. The summed E-state index contributed by atoms with van der Waals surface area (Å²) in [6.07, 6.45) is 3.00. The van der Waals surface area contributed by atoms with Crippen LogP contribution in [-0.2, 0) is 4.79 Å². The molecule has 2 nitrogen and oxygen atoms in total. The molecule has 1 unspecified atom stereocenters. The number of benzene rings is 3. The molecule has 3 aromatic rings. The number of fused-ring (bicyclic) bond motifs is 1. The zero-order chi connectivity index (χ0) is 20.1. The molecule has 0 saturated heterocycles. The lowest BCUT2D eigenvalue weighted by molar-refractivity contribution is -0.117. The third kappa shape index (κ3) is 4.77. The second kappa shape index (κ2) is 9.38. The number of para-hydroxylation sites is 1. The van der Waals surface area contributed by atoms with Gasteiger partial charge in [0.1, 0.15) is 0 Å². The van der Waals surface area contributed by atoms with Crippen molar-refractivity contribution in [3.8, 4) is 0 Å². The number of anilines is 1. The van der Waals surface area contributed by atoms with Crippen molar-refractivity contribution >= 4 is 40.7 Å². The largest absolute Gasteiger partial charge is 0.313 e. The smallest absolute Gasteiger partial charge is 0.240 e. The summed E-state index contributed by atoms with van der Waals surface area (Å²) in [4.78, 5) is 17.3. The summed E-state index contributed by atoms with van der Waals surface area (Å²) >= 11 is 3.50. The predicted molar refractivity (Wildman–Crippen MR) is 126 cm³/mol. The van der Waals surface area contributed by atoms with E-state index < -0.39 is 0 Å². The molecule has 1 heterocycles. The van der Waals surface area contributed by atoms with E-state index in [0.717, 1.165) is 17.9 Å². The minimum absolute atomic E-state index is 0.108. The Morgan fingerprint density at radius 2 is 1.62 bits per heavy atom. The van der Waals surface area contributed by atoms with Gasteiger partial charge in [0.25, 0.3) is 0 Å². The van der Waals surface area contributed by atoms with Crippen molar-refractivity contribution in [2.45, 2.75) is 21.5 Å². The highest BCUT2D eigenvalue weighted by Gasteiger charge is 2.31. The summed E-state index contributed by atoms with van der Waals surface area (Å²) in [5.41, 5.74) is 3.42. The lowest BCUT2D eigenvalue weighted by Crippen LogP contribution is -2.38. The van der Waals surface area contributed by atoms with Gasteiger partial charge in [-0.25, -0.2) is 0 Å². The topological polar surface area (TPSA) is 20.3 Å². The fourth-order valence-corrected chi connectivity index (χ4v) is 5.57. The first-order valence-corrected chi connectivity index (χ1v) is 11.5. The van der Waals surface area contributed by atoms with E-state index >= 15 is 0 Å². The van der Waals surface area contributed by atoms with Gasteiger partial charge in [0.2, 0.25) is 5.91 Å². The number of carbonyl (C=O) groups is 1. The highest BCUT2D eigenvalue weighted by atomic mass is 32.2. The number of nitrogens with zero attached hydrogens (tertiary/aromatic N) is 1. The van der Waals surface area contributed by atoms with E-state index in [1.54, 1.807) is 16.7 Å². The molecular formula is C25H23NOS2. The number of hydrogen-bond acceptors (Lipinski definition) is 3. The lowest BCUT2D eigenvalue weighted by atomic mass is 10.00. The summed E-state index contributed by atoms with van der Waals surface area (Å²) in [7, 11) is 1.88. The van der Waals surface area contributed by atoms with Crippen LogP contribution in [0.25, 0.3) is 5.57 Å². The Hall–Kier alpha value is -2.43. The van der Waals surface area contributed by atoms with Crippen LogP contribution in [0.5, 0.6) is 0 Å². The molecule has 0 saturated carbocycles. The molecule has 0 N–H and O–H groups in total. The van der Waals surface area contributed by atoms with Gasteiger partial charge in [0, 0.05) is 22.6 Å². The van der Waals surface area contributed by atoms with Crippen molar-refractivity contribution in [2.24, 2.45) is 0 Å². The normalized spacial score (nSPS) is 16.6. The molecule has 0 fully saturated rings. The third-order valence-corrected chi connectivity index (χ3v) is 7.17. The van der Waals surface area contributed by atoms with Gasteiger partial charge < -0.3 is 4.90 Å². The Labute approximate surface area is 181 Å². The second-order valence-electron chi connectivity index (χ2n) is 6.90. The quantitative estimate of drug-likeness (QED) is 0.434. The van der Waals surface area contributed by atoms with Gasteiger partial charge in [0.05, 0.1) is 10.9 Å². The van der Waals surface area contributed by atoms with Crippen LogP contribution in [0.3, 0.4) is 0 Å². The zero-order valence-corrected chi connectivity index (χ0v) is 18.0. The second-order valence-corrected chi connectivity index (χ2v) is 9.23. The molecule has 1 aliphatic rings. The minimum Gasteiger partial charge on any atom is -0.313 e. The maximum atomic E-state index is 13.0. The van der Waals surface area contributed by atoms with Crippen molar-refractivity contribution in [1.29, 1.82) is 0 Å². The molecule has 1 amide bonds. The molecule has 4 heteroatoms. The highest BCUT2D eigenvalue weighted by Crippen LogP contribution is 2.41. The van der Waals surface area contributed by atoms with E-state index in [2.05, 4.69) is 60.7 Å². The van der Waals surface area contributed by atoms with Crippen LogP contribution in [0, 0.1) is 0 Å². The molecular weight excluding hydrogens is 394 g/mol. The Kier molecular flexibility index (Phi) is 6.43. The molecule has 146 valence electrons. The van der Waals surface area contributed by atoms with Crippen molar-refractivity contribution < 1.29 is 4.79 Å². The van der Waals surface area contributed by atoms with Crippen LogP contribution < -0.4 is 4.90 Å². The predicted octanol–water partition coefficient (Wildman–Crippen LogP) is 6.39. The molecule has 1 aliphatic heterocycles. The van der Waals surface area contributed by atoms with E-state index in [4.69, 9.17) is 0 Å². The van der Waals surface area contributed by atoms with Crippen LogP contribution in [0.4, 0.5) is 5.69 Å². The summed E-state index contributed by atoms with van der Waals surface area (Å²) in [6, 6.07) is 29.0. The first kappa shape index (κ1) is 19.9. The van der Waals surface area contributed by atoms with Crippen LogP contribution in [-0.4, -0.2) is 24.0 Å². The average Bonchev–Trinajstić information content (AvgIpc) is 2.78. The maximum Gasteiger partial charge on any atom is 0.240 e. The third-order valence-electron chi connectivity index (χ3n) is 4.97. The van der Waals surface area contributed by atoms with Crippen molar-refractivity contribution in [1.82, 2.24) is 0 Å². The maximum absolute atomic E-state index is 13.0. The van der Waals surface area contributed by atoms with Gasteiger partial charge in [-0.2, -0.15) is 0 Å². The van der Waals surface area contributed by atoms with E-state index in [1.165, 1.54) is 20.9 Å². The molecule has 0 bridgehead atoms. The van der Waals surface area contributed by atoms with Crippen molar-refractivity contribution in [2.75, 3.05) is 17.7 Å². The Morgan fingerprint density at radius 1 is 0.966 bits per heavy atom. The Balaban J connectivity index is 1.55. The lowest BCUT2D eigenvalue weighted by Gasteiger charge is -2.31. The number of thioether (sulfide) groups is 2. The Morgan fingerprint density at radius 3 is 2.38 bits per heavy atom. The molecule has 1 atom stereocenters. The fourth-order valence-electron chi connectivity index (χ4n) is 3.43. The number of rotatable bonds is 6. The van der Waals surface area contributed by atoms with Crippen LogP contribution in [0.2, 0.25) is 0 Å². The zero-order valence-electron chi connectivity index (χ0n) is 16.3. The molecule has 0 aliphatic carbocycles. The number of allylic oxidation sites excluding steroid dienone is 1. The number of amides is 1. The summed E-state index contributed by atoms with van der Waals surface area (Å²) in [5, 5.41) is -0.108. The van der Waals surface area contributed by atoms with Crippen molar-refractivity contribution in [3.05, 3.63) is 96.6 Å². The highest BCUT2D eigenvalue weighted by molar-refractivity contribution is 8.01. The SMILES string of the molecule is CN1C(=O)C(C/C(=C\CSc2ccccc2)c2ccccc2)Sc2ccccc21. The van der Waals surface area contributed by atoms with Crippen LogP contribution >= 0.6 is 23.5 Å². The number of hydrogen-bond donors (Lipinski definition) is 0. The van der Waals surface area contributed by atoms with Gasteiger partial charge in [-0.15, -0.1) is 23.5 Å². The van der Waals surface area contributed by atoms with E-state index in [0.29, 0.717) is 0 Å². The molecule has 4 rings (SSSR count). The van der Waals surface area contributed by atoms with Gasteiger partial charge in [-0.05, 0) is 41.8 Å². The van der Waals surface area contributed by atoms with Gasteiger partial charge in [0.15, 0.2) is 0 Å².